The first-order chi connectivity index (χ1) is 14.7. The van der Waals surface area contributed by atoms with Crippen LogP contribution in [0.2, 0.25) is 0 Å². The molecule has 2 saturated heterocycles. The van der Waals surface area contributed by atoms with Crippen LogP contribution in [0.3, 0.4) is 0 Å². The van der Waals surface area contributed by atoms with Crippen molar-refractivity contribution in [3.8, 4) is 5.75 Å². The summed E-state index contributed by atoms with van der Waals surface area (Å²) in [4.78, 5) is 33.3. The van der Waals surface area contributed by atoms with Gasteiger partial charge in [-0.25, -0.2) is 4.98 Å². The highest BCUT2D eigenvalue weighted by molar-refractivity contribution is 5.97. The molecular weight excluding hydrogens is 380 g/mol. The minimum Gasteiger partial charge on any atom is -0.492 e. The third kappa shape index (κ3) is 5.01. The summed E-state index contributed by atoms with van der Waals surface area (Å²) in [5.74, 6) is 1.17. The number of rotatable bonds is 7. The molecule has 4 rings (SSSR count). The molecule has 0 aliphatic carbocycles. The van der Waals surface area contributed by atoms with E-state index in [0.717, 1.165) is 45.3 Å². The molecule has 2 aromatic rings. The van der Waals surface area contributed by atoms with E-state index in [2.05, 4.69) is 4.98 Å². The Morgan fingerprint density at radius 1 is 1.07 bits per heavy atom. The number of aromatic nitrogens is 2. The largest absolute Gasteiger partial charge is 0.492 e. The first-order valence-electron chi connectivity index (χ1n) is 11.0. The van der Waals surface area contributed by atoms with Crippen LogP contribution in [0, 0.1) is 5.92 Å². The Labute approximate surface area is 177 Å². The van der Waals surface area contributed by atoms with Crippen LogP contribution >= 0.6 is 0 Å². The van der Waals surface area contributed by atoms with Crippen molar-refractivity contribution < 1.29 is 14.3 Å². The monoisotopic (exact) mass is 410 g/mol. The lowest BCUT2D eigenvalue weighted by Gasteiger charge is -2.33. The molecule has 7 heteroatoms. The zero-order valence-corrected chi connectivity index (χ0v) is 17.4. The molecule has 0 N–H and O–H groups in total. The number of piperidine rings is 1. The van der Waals surface area contributed by atoms with Crippen LogP contribution in [0.5, 0.6) is 5.75 Å². The van der Waals surface area contributed by atoms with Crippen LogP contribution in [0.1, 0.15) is 42.5 Å². The molecule has 1 aromatic carbocycles. The van der Waals surface area contributed by atoms with Gasteiger partial charge in [-0.1, -0.05) is 12.1 Å². The van der Waals surface area contributed by atoms with E-state index in [1.807, 2.05) is 44.8 Å². The Morgan fingerprint density at radius 2 is 1.87 bits per heavy atom. The Balaban J connectivity index is 1.30. The van der Waals surface area contributed by atoms with Gasteiger partial charge in [-0.05, 0) is 37.8 Å². The van der Waals surface area contributed by atoms with Gasteiger partial charge in [0.15, 0.2) is 0 Å². The number of imidazole rings is 1. The minimum absolute atomic E-state index is 0.0584. The van der Waals surface area contributed by atoms with Gasteiger partial charge in [-0.3, -0.25) is 9.59 Å². The van der Waals surface area contributed by atoms with Gasteiger partial charge in [0.25, 0.3) is 5.91 Å². The first kappa shape index (κ1) is 20.4. The fraction of sp³-hybridized carbons (Fsp3) is 0.522. The first-order valence-corrected chi connectivity index (χ1v) is 11.0. The summed E-state index contributed by atoms with van der Waals surface area (Å²) in [5.41, 5.74) is 0.642. The standard InChI is InChI=1S/C23H30N4O3/c28-22(9-14-25-15-10-24-18-25)27-13-5-6-19(16-27)17-30-21-8-2-1-7-20(21)23(29)26-11-3-4-12-26/h1-2,7-8,10,15,18-19H,3-6,9,11-14,16-17H2. The van der Waals surface area contributed by atoms with Crippen LogP contribution in [0.15, 0.2) is 43.0 Å². The van der Waals surface area contributed by atoms with E-state index in [9.17, 15) is 9.59 Å². The molecule has 0 radical (unpaired) electrons. The molecule has 2 aliphatic rings. The minimum atomic E-state index is 0.0584. The van der Waals surface area contributed by atoms with Crippen molar-refractivity contribution in [3.05, 3.63) is 48.5 Å². The molecule has 2 aliphatic heterocycles. The number of hydrogen-bond acceptors (Lipinski definition) is 4. The second-order valence-electron chi connectivity index (χ2n) is 8.20. The second-order valence-corrected chi connectivity index (χ2v) is 8.20. The summed E-state index contributed by atoms with van der Waals surface area (Å²) in [7, 11) is 0. The van der Waals surface area contributed by atoms with E-state index in [0.29, 0.717) is 37.4 Å². The molecule has 0 bridgehead atoms. The lowest BCUT2D eigenvalue weighted by Crippen LogP contribution is -2.41. The number of hydrogen-bond donors (Lipinski definition) is 0. The molecule has 0 saturated carbocycles. The fourth-order valence-corrected chi connectivity index (χ4v) is 4.30. The third-order valence-corrected chi connectivity index (χ3v) is 6.00. The third-order valence-electron chi connectivity index (χ3n) is 6.00. The van der Waals surface area contributed by atoms with Gasteiger partial charge in [0.2, 0.25) is 5.91 Å². The summed E-state index contributed by atoms with van der Waals surface area (Å²) >= 11 is 0. The quantitative estimate of drug-likeness (QED) is 0.704. The van der Waals surface area contributed by atoms with Gasteiger partial charge in [0.1, 0.15) is 5.75 Å². The lowest BCUT2D eigenvalue weighted by atomic mass is 9.98. The molecule has 2 fully saturated rings. The highest BCUT2D eigenvalue weighted by Crippen LogP contribution is 2.24. The number of benzene rings is 1. The Bertz CT molecular complexity index is 846. The second kappa shape index (κ2) is 9.78. The van der Waals surface area contributed by atoms with Gasteiger partial charge in [-0.15, -0.1) is 0 Å². The average Bonchev–Trinajstić information content (AvgIpc) is 3.50. The number of carbonyl (C=O) groups is 2. The van der Waals surface area contributed by atoms with Crippen LogP contribution in [0.25, 0.3) is 0 Å². The predicted molar refractivity (Wildman–Crippen MR) is 113 cm³/mol. The van der Waals surface area contributed by atoms with Gasteiger partial charge in [-0.2, -0.15) is 0 Å². The summed E-state index contributed by atoms with van der Waals surface area (Å²) in [6.07, 6.45) is 9.99. The smallest absolute Gasteiger partial charge is 0.257 e. The molecular formula is C23H30N4O3. The lowest BCUT2D eigenvalue weighted by molar-refractivity contribution is -0.133. The van der Waals surface area contributed by atoms with Crippen molar-refractivity contribution in [2.45, 2.75) is 38.6 Å². The summed E-state index contributed by atoms with van der Waals surface area (Å²) in [5, 5.41) is 0. The van der Waals surface area contributed by atoms with E-state index >= 15 is 0 Å². The predicted octanol–water partition coefficient (Wildman–Crippen LogP) is 2.83. The Morgan fingerprint density at radius 3 is 2.67 bits per heavy atom. The van der Waals surface area contributed by atoms with Crippen molar-refractivity contribution in [3.63, 3.8) is 0 Å². The summed E-state index contributed by atoms with van der Waals surface area (Å²) < 4.78 is 8.03. The molecule has 1 unspecified atom stereocenters. The highest BCUT2D eigenvalue weighted by Gasteiger charge is 2.26. The maximum Gasteiger partial charge on any atom is 0.257 e. The Kier molecular flexibility index (Phi) is 6.67. The molecule has 30 heavy (non-hydrogen) atoms. The van der Waals surface area contributed by atoms with Crippen molar-refractivity contribution in [1.29, 1.82) is 0 Å². The van der Waals surface area contributed by atoms with E-state index in [1.165, 1.54) is 0 Å². The zero-order valence-electron chi connectivity index (χ0n) is 17.4. The SMILES string of the molecule is O=C(CCn1ccnc1)N1CCCC(COc2ccccc2C(=O)N2CCCC2)C1. The molecule has 0 spiro atoms. The van der Waals surface area contributed by atoms with Crippen molar-refractivity contribution in [1.82, 2.24) is 19.4 Å². The normalized spacial score (nSPS) is 19.1. The van der Waals surface area contributed by atoms with Crippen molar-refractivity contribution in [2.24, 2.45) is 5.92 Å². The summed E-state index contributed by atoms with van der Waals surface area (Å²) in [6, 6.07) is 7.52. The van der Waals surface area contributed by atoms with Crippen LogP contribution in [0.4, 0.5) is 0 Å². The van der Waals surface area contributed by atoms with E-state index < -0.39 is 0 Å². The fourth-order valence-electron chi connectivity index (χ4n) is 4.30. The van der Waals surface area contributed by atoms with E-state index in [-0.39, 0.29) is 17.7 Å². The number of carbonyl (C=O) groups excluding carboxylic acids is 2. The van der Waals surface area contributed by atoms with Crippen LogP contribution in [-0.2, 0) is 11.3 Å². The molecule has 3 heterocycles. The molecule has 1 atom stereocenters. The number of nitrogens with zero attached hydrogens (tertiary/aromatic N) is 4. The maximum absolute atomic E-state index is 12.8. The molecule has 1 aromatic heterocycles. The summed E-state index contributed by atoms with van der Waals surface area (Å²) in [6.45, 7) is 4.35. The average molecular weight is 411 g/mol. The van der Waals surface area contributed by atoms with Crippen molar-refractivity contribution >= 4 is 11.8 Å². The van der Waals surface area contributed by atoms with E-state index in [1.54, 1.807) is 12.5 Å². The van der Waals surface area contributed by atoms with Crippen molar-refractivity contribution in [2.75, 3.05) is 32.8 Å². The molecule has 2 amide bonds. The van der Waals surface area contributed by atoms with Gasteiger partial charge in [0.05, 0.1) is 18.5 Å². The Hall–Kier alpha value is -2.83. The topological polar surface area (TPSA) is 67.7 Å². The van der Waals surface area contributed by atoms with Crippen LogP contribution < -0.4 is 4.74 Å². The number of para-hydroxylation sites is 1. The maximum atomic E-state index is 12.8. The zero-order chi connectivity index (χ0) is 20.8. The number of likely N-dealkylation sites (tertiary alicyclic amines) is 2. The van der Waals surface area contributed by atoms with Gasteiger partial charge < -0.3 is 19.1 Å². The molecule has 7 nitrogen and oxygen atoms in total. The number of amides is 2. The number of ether oxygens (including phenoxy) is 1. The highest BCUT2D eigenvalue weighted by atomic mass is 16.5. The van der Waals surface area contributed by atoms with Gasteiger partial charge >= 0.3 is 0 Å². The van der Waals surface area contributed by atoms with E-state index in [4.69, 9.17) is 4.74 Å². The molecule has 160 valence electrons. The number of aryl methyl sites for hydroxylation is 1. The van der Waals surface area contributed by atoms with Gasteiger partial charge in [0, 0.05) is 57.5 Å². The van der Waals surface area contributed by atoms with Crippen LogP contribution in [-0.4, -0.2) is 64.0 Å².